The number of hydrogen-bond acceptors (Lipinski definition) is 4. The molecule has 6 heteroatoms. The lowest BCUT2D eigenvalue weighted by atomic mass is 9.89. The van der Waals surface area contributed by atoms with Crippen molar-refractivity contribution in [1.82, 2.24) is 10.2 Å². The Hall–Kier alpha value is -1.92. The predicted octanol–water partition coefficient (Wildman–Crippen LogP) is 0.248. The van der Waals surface area contributed by atoms with E-state index in [4.69, 9.17) is 5.73 Å². The van der Waals surface area contributed by atoms with Gasteiger partial charge in [0, 0.05) is 25.7 Å². The maximum absolute atomic E-state index is 11.5. The van der Waals surface area contributed by atoms with Gasteiger partial charge in [-0.15, -0.1) is 0 Å². The Morgan fingerprint density at radius 3 is 2.91 bits per heavy atom. The van der Waals surface area contributed by atoms with Crippen LogP contribution in [0.25, 0.3) is 0 Å². The molecule has 0 radical (unpaired) electrons. The number of hydrogen-bond donors (Lipinski definition) is 3. The van der Waals surface area contributed by atoms with E-state index in [2.05, 4.69) is 10.2 Å². The summed E-state index contributed by atoms with van der Waals surface area (Å²) in [5, 5.41) is 13.1. The molecule has 1 heterocycles. The average molecular weight is 305 g/mol. The molecule has 0 aliphatic carbocycles. The molecular formula is C16H23N3O3. The molecule has 0 spiro atoms. The quantitative estimate of drug-likeness (QED) is 0.726. The summed E-state index contributed by atoms with van der Waals surface area (Å²) >= 11 is 0. The summed E-state index contributed by atoms with van der Waals surface area (Å²) in [5.41, 5.74) is 5.76. The van der Waals surface area contributed by atoms with E-state index in [9.17, 15) is 14.7 Å². The number of likely N-dealkylation sites (tertiary alicyclic amines) is 1. The van der Waals surface area contributed by atoms with Gasteiger partial charge >= 0.3 is 0 Å². The third kappa shape index (κ3) is 4.29. The van der Waals surface area contributed by atoms with Crippen molar-refractivity contribution < 1.29 is 14.7 Å². The van der Waals surface area contributed by atoms with Gasteiger partial charge < -0.3 is 16.2 Å². The molecule has 1 unspecified atom stereocenters. The molecule has 120 valence electrons. The number of piperidine rings is 1. The van der Waals surface area contributed by atoms with Gasteiger partial charge in [-0.1, -0.05) is 12.1 Å². The first kappa shape index (κ1) is 16.5. The minimum Gasteiger partial charge on any atom is -0.388 e. The fraction of sp³-hybridized carbons (Fsp3) is 0.500. The van der Waals surface area contributed by atoms with Crippen molar-refractivity contribution in [1.29, 1.82) is 0 Å². The van der Waals surface area contributed by atoms with E-state index >= 15 is 0 Å². The molecule has 1 aromatic rings. The molecule has 2 rings (SSSR count). The Labute approximate surface area is 130 Å². The molecule has 1 fully saturated rings. The van der Waals surface area contributed by atoms with E-state index in [0.717, 1.165) is 18.5 Å². The highest BCUT2D eigenvalue weighted by atomic mass is 16.3. The van der Waals surface area contributed by atoms with Crippen LogP contribution in [0, 0.1) is 0 Å². The van der Waals surface area contributed by atoms with Crippen LogP contribution in [0.1, 0.15) is 35.2 Å². The number of β-amino-alcohol motifs (C(OH)–C–C–N with tert-alkyl or cyclic N) is 1. The van der Waals surface area contributed by atoms with Crippen molar-refractivity contribution >= 4 is 11.8 Å². The summed E-state index contributed by atoms with van der Waals surface area (Å²) in [6.45, 7) is 1.93. The van der Waals surface area contributed by atoms with Crippen LogP contribution in [0.4, 0.5) is 0 Å². The van der Waals surface area contributed by atoms with Crippen molar-refractivity contribution in [2.45, 2.75) is 31.4 Å². The number of carbonyl (C=O) groups excluding carboxylic acids is 2. The topological polar surface area (TPSA) is 95.7 Å². The molecule has 0 saturated carbocycles. The first-order valence-electron chi connectivity index (χ1n) is 7.46. The molecule has 6 nitrogen and oxygen atoms in total. The largest absolute Gasteiger partial charge is 0.388 e. The summed E-state index contributed by atoms with van der Waals surface area (Å²) in [5.74, 6) is -0.600. The summed E-state index contributed by atoms with van der Waals surface area (Å²) in [6, 6.07) is 7.19. The maximum Gasteiger partial charge on any atom is 0.248 e. The van der Waals surface area contributed by atoms with Crippen LogP contribution in [-0.2, 0) is 11.3 Å². The van der Waals surface area contributed by atoms with E-state index < -0.39 is 11.5 Å². The van der Waals surface area contributed by atoms with Gasteiger partial charge in [0.25, 0.3) is 0 Å². The third-order valence-corrected chi connectivity index (χ3v) is 4.02. The molecule has 1 aliphatic heterocycles. The highest BCUT2D eigenvalue weighted by Crippen LogP contribution is 2.25. The van der Waals surface area contributed by atoms with Gasteiger partial charge in [-0.05, 0) is 37.1 Å². The zero-order chi connectivity index (χ0) is 16.2. The normalized spacial score (nSPS) is 22.3. The van der Waals surface area contributed by atoms with Gasteiger partial charge in [-0.25, -0.2) is 0 Å². The molecule has 1 saturated heterocycles. The summed E-state index contributed by atoms with van der Waals surface area (Å²) in [4.78, 5) is 24.9. The molecule has 4 N–H and O–H groups in total. The lowest BCUT2D eigenvalue weighted by Gasteiger charge is -2.39. The van der Waals surface area contributed by atoms with Crippen molar-refractivity contribution in [2.24, 2.45) is 5.73 Å². The van der Waals surface area contributed by atoms with Gasteiger partial charge in [0.05, 0.1) is 12.0 Å². The minimum absolute atomic E-state index is 0.112. The summed E-state index contributed by atoms with van der Waals surface area (Å²) in [6.07, 6.45) is 1.57. The van der Waals surface area contributed by atoms with Gasteiger partial charge in [0.2, 0.25) is 11.8 Å². The van der Waals surface area contributed by atoms with Crippen molar-refractivity contribution in [3.63, 3.8) is 0 Å². The summed E-state index contributed by atoms with van der Waals surface area (Å²) < 4.78 is 0. The average Bonchev–Trinajstić information content (AvgIpc) is 2.47. The van der Waals surface area contributed by atoms with Gasteiger partial charge in [0.15, 0.2) is 0 Å². The monoisotopic (exact) mass is 305 g/mol. The number of benzene rings is 1. The van der Waals surface area contributed by atoms with E-state index in [1.807, 2.05) is 6.07 Å². The molecule has 1 aliphatic rings. The Kier molecular flexibility index (Phi) is 5.15. The Balaban J connectivity index is 2.02. The predicted molar refractivity (Wildman–Crippen MR) is 83.1 cm³/mol. The van der Waals surface area contributed by atoms with Crippen molar-refractivity contribution in [3.05, 3.63) is 35.4 Å². The van der Waals surface area contributed by atoms with Gasteiger partial charge in [-0.2, -0.15) is 0 Å². The summed E-state index contributed by atoms with van der Waals surface area (Å²) in [7, 11) is 1.57. The second-order valence-electron chi connectivity index (χ2n) is 5.95. The standard InChI is InChI=1S/C16H23N3O3/c1-18-14(20)9-16(22)6-3-7-19(11-16)10-12-4-2-5-13(8-12)15(17)21/h2,4-5,8,22H,3,6-7,9-11H2,1H3,(H2,17,21)(H,18,20). The number of aliphatic hydroxyl groups is 1. The Morgan fingerprint density at radius 2 is 2.23 bits per heavy atom. The van der Waals surface area contributed by atoms with Crippen molar-refractivity contribution in [2.75, 3.05) is 20.1 Å². The highest BCUT2D eigenvalue weighted by Gasteiger charge is 2.35. The van der Waals surface area contributed by atoms with Gasteiger partial charge in [-0.3, -0.25) is 14.5 Å². The number of nitrogens with zero attached hydrogens (tertiary/aromatic N) is 1. The number of rotatable bonds is 5. The molecule has 1 aromatic carbocycles. The smallest absolute Gasteiger partial charge is 0.248 e. The third-order valence-electron chi connectivity index (χ3n) is 4.02. The lowest BCUT2D eigenvalue weighted by molar-refractivity contribution is -0.128. The molecule has 22 heavy (non-hydrogen) atoms. The maximum atomic E-state index is 11.5. The van der Waals surface area contributed by atoms with Crippen molar-refractivity contribution in [3.8, 4) is 0 Å². The molecule has 0 aromatic heterocycles. The number of amides is 2. The zero-order valence-electron chi connectivity index (χ0n) is 12.8. The Morgan fingerprint density at radius 1 is 1.45 bits per heavy atom. The van der Waals surface area contributed by atoms with Gasteiger partial charge in [0.1, 0.15) is 0 Å². The fourth-order valence-corrected chi connectivity index (χ4v) is 2.95. The van der Waals surface area contributed by atoms with E-state index in [1.165, 1.54) is 0 Å². The van der Waals surface area contributed by atoms with E-state index in [1.54, 1.807) is 25.2 Å². The van der Waals surface area contributed by atoms with Crippen LogP contribution in [0.15, 0.2) is 24.3 Å². The number of nitrogens with two attached hydrogens (primary N) is 1. The van der Waals surface area contributed by atoms with Crippen LogP contribution in [0.5, 0.6) is 0 Å². The number of nitrogens with one attached hydrogen (secondary N) is 1. The van der Waals surface area contributed by atoms with Crippen LogP contribution < -0.4 is 11.1 Å². The first-order valence-corrected chi connectivity index (χ1v) is 7.46. The number of carbonyl (C=O) groups is 2. The van der Waals surface area contributed by atoms with E-state index in [0.29, 0.717) is 25.1 Å². The molecule has 1 atom stereocenters. The molecule has 0 bridgehead atoms. The second kappa shape index (κ2) is 6.89. The zero-order valence-corrected chi connectivity index (χ0v) is 12.8. The first-order chi connectivity index (χ1) is 10.4. The van der Waals surface area contributed by atoms with Crippen LogP contribution in [0.3, 0.4) is 0 Å². The SMILES string of the molecule is CNC(=O)CC1(O)CCCN(Cc2cccc(C(N)=O)c2)C1. The minimum atomic E-state index is -0.986. The second-order valence-corrected chi connectivity index (χ2v) is 5.95. The van der Waals surface area contributed by atoms with E-state index in [-0.39, 0.29) is 12.3 Å². The Bertz CT molecular complexity index is 561. The lowest BCUT2D eigenvalue weighted by Crippen LogP contribution is -2.49. The fourth-order valence-electron chi connectivity index (χ4n) is 2.95. The number of primary amides is 1. The van der Waals surface area contributed by atoms with Crippen LogP contribution in [0.2, 0.25) is 0 Å². The molecule has 2 amide bonds. The van der Waals surface area contributed by atoms with Crippen LogP contribution in [-0.4, -0.2) is 47.6 Å². The molecular weight excluding hydrogens is 282 g/mol. The highest BCUT2D eigenvalue weighted by molar-refractivity contribution is 5.92. The van der Waals surface area contributed by atoms with Crippen LogP contribution >= 0.6 is 0 Å².